The Hall–Kier alpha value is -4.10. The molecule has 1 heterocycles. The van der Waals surface area contributed by atoms with E-state index in [9.17, 15) is 9.59 Å². The zero-order valence-electron chi connectivity index (χ0n) is 17.1. The highest BCUT2D eigenvalue weighted by Crippen LogP contribution is 2.24. The number of nitrogens with zero attached hydrogens (tertiary/aromatic N) is 2. The van der Waals surface area contributed by atoms with Crippen molar-refractivity contribution in [3.8, 4) is 11.4 Å². The molecule has 0 saturated heterocycles. The molecule has 0 aliphatic heterocycles. The molecule has 4 rings (SSSR count). The molecule has 0 aliphatic carbocycles. The third-order valence-corrected chi connectivity index (χ3v) is 5.04. The summed E-state index contributed by atoms with van der Waals surface area (Å²) in [5, 5.41) is 10.2. The van der Waals surface area contributed by atoms with Crippen LogP contribution in [-0.4, -0.2) is 28.7 Å². The van der Waals surface area contributed by atoms with E-state index >= 15 is 0 Å². The lowest BCUT2D eigenvalue weighted by Crippen LogP contribution is -2.20. The number of carbonyl (C=O) groups is 2. The third-order valence-electron chi connectivity index (χ3n) is 4.71. The molecular formula is C24H19ClN4O3. The van der Waals surface area contributed by atoms with Crippen LogP contribution in [0.2, 0.25) is 5.02 Å². The molecule has 32 heavy (non-hydrogen) atoms. The standard InChI is InChI=1S/C24H19ClN4O3/c1-32-18-13-11-16(12-14-18)27-24(31)20-15-26-29(17-7-3-2-4-8-17)22(20)28-23(30)19-9-5-6-10-21(19)25/h2-15H,1H3,(H,27,31)(H,28,30). The predicted molar refractivity (Wildman–Crippen MR) is 124 cm³/mol. The summed E-state index contributed by atoms with van der Waals surface area (Å²) < 4.78 is 6.64. The zero-order chi connectivity index (χ0) is 22.5. The molecule has 160 valence electrons. The molecule has 2 N–H and O–H groups in total. The van der Waals surface area contributed by atoms with Crippen LogP contribution in [0, 0.1) is 0 Å². The minimum atomic E-state index is -0.452. The average Bonchev–Trinajstić information content (AvgIpc) is 3.24. The van der Waals surface area contributed by atoms with Gasteiger partial charge in [0.25, 0.3) is 11.8 Å². The molecule has 2 amide bonds. The Labute approximate surface area is 189 Å². The van der Waals surface area contributed by atoms with E-state index in [4.69, 9.17) is 16.3 Å². The highest BCUT2D eigenvalue weighted by molar-refractivity contribution is 6.34. The van der Waals surface area contributed by atoms with E-state index in [1.807, 2.05) is 30.3 Å². The fourth-order valence-corrected chi connectivity index (χ4v) is 3.31. The molecule has 0 radical (unpaired) electrons. The van der Waals surface area contributed by atoms with E-state index in [0.717, 1.165) is 0 Å². The number of hydrogen-bond acceptors (Lipinski definition) is 4. The smallest absolute Gasteiger partial charge is 0.261 e. The predicted octanol–water partition coefficient (Wildman–Crippen LogP) is 5.04. The van der Waals surface area contributed by atoms with Crippen molar-refractivity contribution in [2.24, 2.45) is 0 Å². The van der Waals surface area contributed by atoms with Crippen molar-refractivity contribution in [2.45, 2.75) is 0 Å². The lowest BCUT2D eigenvalue weighted by atomic mass is 10.2. The number of anilines is 2. The van der Waals surface area contributed by atoms with Crippen LogP contribution in [-0.2, 0) is 0 Å². The molecular weight excluding hydrogens is 428 g/mol. The van der Waals surface area contributed by atoms with Crippen molar-refractivity contribution in [1.29, 1.82) is 0 Å². The van der Waals surface area contributed by atoms with Crippen molar-refractivity contribution in [1.82, 2.24) is 9.78 Å². The molecule has 4 aromatic rings. The zero-order valence-corrected chi connectivity index (χ0v) is 17.8. The first-order valence-electron chi connectivity index (χ1n) is 9.71. The van der Waals surface area contributed by atoms with Crippen molar-refractivity contribution < 1.29 is 14.3 Å². The molecule has 1 aromatic heterocycles. The summed E-state index contributed by atoms with van der Waals surface area (Å²) in [4.78, 5) is 26.0. The normalized spacial score (nSPS) is 10.4. The Kier molecular flexibility index (Phi) is 6.19. The van der Waals surface area contributed by atoms with Gasteiger partial charge in [-0.1, -0.05) is 41.9 Å². The molecule has 0 aliphatic rings. The Morgan fingerprint density at radius 2 is 1.50 bits per heavy atom. The van der Waals surface area contributed by atoms with Gasteiger partial charge < -0.3 is 15.4 Å². The molecule has 3 aromatic carbocycles. The second-order valence-corrected chi connectivity index (χ2v) is 7.18. The second kappa shape index (κ2) is 9.36. The minimum Gasteiger partial charge on any atom is -0.497 e. The van der Waals surface area contributed by atoms with Gasteiger partial charge in [-0.2, -0.15) is 5.10 Å². The summed E-state index contributed by atoms with van der Waals surface area (Å²) in [6, 6.07) is 22.8. The van der Waals surface area contributed by atoms with Crippen molar-refractivity contribution >= 4 is 34.9 Å². The molecule has 7 nitrogen and oxygen atoms in total. The summed E-state index contributed by atoms with van der Waals surface area (Å²) >= 11 is 6.18. The summed E-state index contributed by atoms with van der Waals surface area (Å²) in [5.74, 6) is 0.0262. The molecule has 0 unspecified atom stereocenters. The van der Waals surface area contributed by atoms with Crippen LogP contribution in [0.5, 0.6) is 5.75 Å². The van der Waals surface area contributed by atoms with Gasteiger partial charge in [0.15, 0.2) is 0 Å². The third kappa shape index (κ3) is 4.48. The van der Waals surface area contributed by atoms with E-state index in [1.54, 1.807) is 55.6 Å². The van der Waals surface area contributed by atoms with Crippen molar-refractivity contribution in [3.63, 3.8) is 0 Å². The summed E-state index contributed by atoms with van der Waals surface area (Å²) in [6.45, 7) is 0. The van der Waals surface area contributed by atoms with Crippen LogP contribution in [0.1, 0.15) is 20.7 Å². The lowest BCUT2D eigenvalue weighted by molar-refractivity contribution is 0.102. The monoisotopic (exact) mass is 446 g/mol. The average molecular weight is 447 g/mol. The largest absolute Gasteiger partial charge is 0.497 e. The van der Waals surface area contributed by atoms with Crippen LogP contribution in [0.25, 0.3) is 5.69 Å². The number of amides is 2. The van der Waals surface area contributed by atoms with E-state index < -0.39 is 11.8 Å². The number of hydrogen-bond donors (Lipinski definition) is 2. The van der Waals surface area contributed by atoms with Gasteiger partial charge in [-0.25, -0.2) is 4.68 Å². The number of benzene rings is 3. The molecule has 0 fully saturated rings. The number of halogens is 1. The number of nitrogens with one attached hydrogen (secondary N) is 2. The van der Waals surface area contributed by atoms with Gasteiger partial charge in [0.2, 0.25) is 0 Å². The van der Waals surface area contributed by atoms with Gasteiger partial charge in [0.1, 0.15) is 17.1 Å². The number of para-hydroxylation sites is 1. The highest BCUT2D eigenvalue weighted by atomic mass is 35.5. The number of aromatic nitrogens is 2. The molecule has 0 bridgehead atoms. The number of ether oxygens (including phenoxy) is 1. The SMILES string of the molecule is COc1ccc(NC(=O)c2cnn(-c3ccccc3)c2NC(=O)c2ccccc2Cl)cc1. The van der Waals surface area contributed by atoms with Gasteiger partial charge in [0, 0.05) is 5.69 Å². The first kappa shape index (κ1) is 21.1. The first-order valence-corrected chi connectivity index (χ1v) is 10.1. The second-order valence-electron chi connectivity index (χ2n) is 6.77. The maximum atomic E-state index is 13.0. The Morgan fingerprint density at radius 3 is 2.19 bits per heavy atom. The maximum absolute atomic E-state index is 13.0. The first-order chi connectivity index (χ1) is 15.6. The summed E-state index contributed by atoms with van der Waals surface area (Å²) in [5.41, 5.74) is 1.75. The van der Waals surface area contributed by atoms with Crippen LogP contribution in [0.3, 0.4) is 0 Å². The van der Waals surface area contributed by atoms with Crippen LogP contribution in [0.15, 0.2) is 85.1 Å². The highest BCUT2D eigenvalue weighted by Gasteiger charge is 2.22. The Balaban J connectivity index is 1.69. The van der Waals surface area contributed by atoms with Crippen LogP contribution >= 0.6 is 11.6 Å². The van der Waals surface area contributed by atoms with E-state index in [2.05, 4.69) is 15.7 Å². The molecule has 8 heteroatoms. The fourth-order valence-electron chi connectivity index (χ4n) is 3.09. The van der Waals surface area contributed by atoms with Gasteiger partial charge in [-0.15, -0.1) is 0 Å². The molecule has 0 atom stereocenters. The van der Waals surface area contributed by atoms with E-state index in [-0.39, 0.29) is 16.9 Å². The Bertz CT molecular complexity index is 1250. The topological polar surface area (TPSA) is 85.2 Å². The van der Waals surface area contributed by atoms with Crippen LogP contribution < -0.4 is 15.4 Å². The quantitative estimate of drug-likeness (QED) is 0.434. The fraction of sp³-hybridized carbons (Fsp3) is 0.0417. The van der Waals surface area contributed by atoms with Crippen molar-refractivity contribution in [3.05, 3.63) is 101 Å². The van der Waals surface area contributed by atoms with Gasteiger partial charge in [-0.05, 0) is 48.5 Å². The number of carbonyl (C=O) groups excluding carboxylic acids is 2. The van der Waals surface area contributed by atoms with Gasteiger partial charge in [-0.3, -0.25) is 9.59 Å². The number of rotatable bonds is 6. The minimum absolute atomic E-state index is 0.199. The molecule has 0 spiro atoms. The van der Waals surface area contributed by atoms with E-state index in [0.29, 0.717) is 22.1 Å². The number of methoxy groups -OCH3 is 1. The van der Waals surface area contributed by atoms with Gasteiger partial charge in [0.05, 0.1) is 29.6 Å². The van der Waals surface area contributed by atoms with Crippen molar-refractivity contribution in [2.75, 3.05) is 17.7 Å². The molecule has 0 saturated carbocycles. The summed E-state index contributed by atoms with van der Waals surface area (Å²) in [7, 11) is 1.57. The Morgan fingerprint density at radius 1 is 0.844 bits per heavy atom. The van der Waals surface area contributed by atoms with E-state index in [1.165, 1.54) is 10.9 Å². The maximum Gasteiger partial charge on any atom is 0.261 e. The summed E-state index contributed by atoms with van der Waals surface area (Å²) in [6.07, 6.45) is 1.41. The van der Waals surface area contributed by atoms with Gasteiger partial charge >= 0.3 is 0 Å². The lowest BCUT2D eigenvalue weighted by Gasteiger charge is -2.12. The van der Waals surface area contributed by atoms with Crippen LogP contribution in [0.4, 0.5) is 11.5 Å².